The van der Waals surface area contributed by atoms with Gasteiger partial charge in [-0.1, -0.05) is 30.3 Å². The van der Waals surface area contributed by atoms with Crippen LogP contribution in [0.15, 0.2) is 60.8 Å². The molecule has 5 heterocycles. The standard InChI is InChI=1S/C27H29N9O4/c1-18-13-22(31-35(18)17-40-27(38)20(28)16-37)23-14-25-29-24(15-26(36(25)32-23)33-9-11-39-12-10-33)34-8-7-21(30-34)19-5-3-2-4-6-19/h2-8,13-15,20,37H,9-12,16-17,28H2,1H3/t20-/m0/s1. The van der Waals surface area contributed by atoms with E-state index >= 15 is 0 Å². The summed E-state index contributed by atoms with van der Waals surface area (Å²) in [6, 6.07) is 16.6. The number of carbonyl (C=O) groups is 1. The number of nitrogens with zero attached hydrogens (tertiary/aromatic N) is 8. The number of hydrogen-bond acceptors (Lipinski definition) is 10. The largest absolute Gasteiger partial charge is 0.441 e. The van der Waals surface area contributed by atoms with E-state index in [4.69, 9.17) is 35.5 Å². The molecule has 1 aliphatic rings. The Kier molecular flexibility index (Phi) is 6.99. The molecule has 5 aromatic rings. The van der Waals surface area contributed by atoms with Crippen molar-refractivity contribution in [3.8, 4) is 28.5 Å². The maximum Gasteiger partial charge on any atom is 0.327 e. The van der Waals surface area contributed by atoms with E-state index in [-0.39, 0.29) is 6.73 Å². The van der Waals surface area contributed by atoms with Crippen molar-refractivity contribution in [2.75, 3.05) is 37.8 Å². The first kappa shape index (κ1) is 25.7. The minimum absolute atomic E-state index is 0.129. The normalized spacial score (nSPS) is 14.5. The Bertz CT molecular complexity index is 1640. The van der Waals surface area contributed by atoms with Gasteiger partial charge in [0.25, 0.3) is 0 Å². The Hall–Kier alpha value is -4.59. The van der Waals surface area contributed by atoms with Crippen molar-refractivity contribution in [3.05, 3.63) is 66.5 Å². The number of carbonyl (C=O) groups excluding carboxylic acids is 1. The zero-order valence-electron chi connectivity index (χ0n) is 21.9. The average molecular weight is 544 g/mol. The van der Waals surface area contributed by atoms with E-state index in [1.807, 2.05) is 67.7 Å². The van der Waals surface area contributed by atoms with Gasteiger partial charge in [-0.3, -0.25) is 4.79 Å². The van der Waals surface area contributed by atoms with Crippen LogP contribution in [0.25, 0.3) is 34.1 Å². The topological polar surface area (TPSA) is 151 Å². The Balaban J connectivity index is 1.36. The number of aryl methyl sites for hydroxylation is 1. The van der Waals surface area contributed by atoms with Gasteiger partial charge in [0.2, 0.25) is 0 Å². The van der Waals surface area contributed by atoms with Crippen molar-refractivity contribution in [1.82, 2.24) is 34.2 Å². The number of nitrogens with two attached hydrogens (primary N) is 1. The van der Waals surface area contributed by atoms with Gasteiger partial charge in [0.05, 0.1) is 25.5 Å². The van der Waals surface area contributed by atoms with Crippen LogP contribution in [-0.4, -0.2) is 84.2 Å². The van der Waals surface area contributed by atoms with Crippen LogP contribution in [-0.2, 0) is 21.0 Å². The highest BCUT2D eigenvalue weighted by Gasteiger charge is 2.21. The highest BCUT2D eigenvalue weighted by atomic mass is 16.5. The van der Waals surface area contributed by atoms with E-state index in [2.05, 4.69) is 10.00 Å². The second-order valence-corrected chi connectivity index (χ2v) is 9.44. The maximum absolute atomic E-state index is 11.9. The van der Waals surface area contributed by atoms with E-state index < -0.39 is 18.6 Å². The van der Waals surface area contributed by atoms with Crippen molar-refractivity contribution in [3.63, 3.8) is 0 Å². The van der Waals surface area contributed by atoms with Crippen LogP contribution in [0.3, 0.4) is 0 Å². The molecular formula is C27H29N9O4. The molecule has 0 amide bonds. The summed E-state index contributed by atoms with van der Waals surface area (Å²) in [5, 5.41) is 23.3. The van der Waals surface area contributed by atoms with Gasteiger partial charge in [-0.2, -0.15) is 19.8 Å². The predicted octanol–water partition coefficient (Wildman–Crippen LogP) is 1.41. The SMILES string of the molecule is Cc1cc(-c2cc3nc(-n4ccc(-c5ccccc5)n4)cc(N4CCOCC4)n3n2)nn1COC(=O)[C@@H](N)CO. The summed E-state index contributed by atoms with van der Waals surface area (Å²) in [4.78, 5) is 19.0. The number of hydrogen-bond donors (Lipinski definition) is 2. The van der Waals surface area contributed by atoms with Crippen LogP contribution < -0.4 is 10.6 Å². The summed E-state index contributed by atoms with van der Waals surface area (Å²) in [5.41, 5.74) is 10.0. The van der Waals surface area contributed by atoms with E-state index in [0.29, 0.717) is 36.1 Å². The molecule has 0 spiro atoms. The molecule has 4 aromatic heterocycles. The summed E-state index contributed by atoms with van der Waals surface area (Å²) in [6.45, 7) is 3.91. The lowest BCUT2D eigenvalue weighted by Crippen LogP contribution is -2.37. The minimum atomic E-state index is -1.09. The molecule has 0 bridgehead atoms. The van der Waals surface area contributed by atoms with Crippen LogP contribution in [0.4, 0.5) is 5.82 Å². The number of aromatic nitrogens is 7. The molecule has 3 N–H and O–H groups in total. The number of anilines is 1. The lowest BCUT2D eigenvalue weighted by atomic mass is 10.2. The van der Waals surface area contributed by atoms with E-state index in [1.165, 1.54) is 4.68 Å². The van der Waals surface area contributed by atoms with Crippen LogP contribution in [0, 0.1) is 6.92 Å². The second-order valence-electron chi connectivity index (χ2n) is 9.44. The molecule has 0 saturated carbocycles. The van der Waals surface area contributed by atoms with E-state index in [9.17, 15) is 4.79 Å². The lowest BCUT2D eigenvalue weighted by Gasteiger charge is -2.29. The minimum Gasteiger partial charge on any atom is -0.441 e. The van der Waals surface area contributed by atoms with Crippen molar-refractivity contribution in [2.24, 2.45) is 5.73 Å². The number of fused-ring (bicyclic) bond motifs is 1. The third-order valence-corrected chi connectivity index (χ3v) is 6.70. The molecule has 1 atom stereocenters. The molecule has 6 rings (SSSR count). The zero-order valence-corrected chi connectivity index (χ0v) is 21.9. The number of esters is 1. The number of ether oxygens (including phenoxy) is 2. The molecule has 13 nitrogen and oxygen atoms in total. The van der Waals surface area contributed by atoms with Gasteiger partial charge in [0.15, 0.2) is 18.2 Å². The summed E-state index contributed by atoms with van der Waals surface area (Å²) >= 11 is 0. The fourth-order valence-electron chi connectivity index (χ4n) is 4.49. The van der Waals surface area contributed by atoms with Gasteiger partial charge in [0, 0.05) is 42.7 Å². The Labute approximate surface area is 229 Å². The molecule has 1 aliphatic heterocycles. The molecule has 0 aliphatic carbocycles. The van der Waals surface area contributed by atoms with E-state index in [1.54, 1.807) is 9.20 Å². The van der Waals surface area contributed by atoms with Crippen molar-refractivity contribution in [2.45, 2.75) is 19.7 Å². The number of aliphatic hydroxyl groups is 1. The van der Waals surface area contributed by atoms with Crippen molar-refractivity contribution >= 4 is 17.4 Å². The molecule has 0 unspecified atom stereocenters. The number of rotatable bonds is 8. The monoisotopic (exact) mass is 543 g/mol. The van der Waals surface area contributed by atoms with Gasteiger partial charge in [-0.05, 0) is 19.1 Å². The summed E-state index contributed by atoms with van der Waals surface area (Å²) in [6.07, 6.45) is 1.90. The number of benzene rings is 1. The summed E-state index contributed by atoms with van der Waals surface area (Å²) in [7, 11) is 0. The third kappa shape index (κ3) is 5.04. The van der Waals surface area contributed by atoms with Gasteiger partial charge >= 0.3 is 5.97 Å². The lowest BCUT2D eigenvalue weighted by molar-refractivity contribution is -0.150. The molecule has 1 aromatic carbocycles. The first-order valence-electron chi connectivity index (χ1n) is 12.9. The van der Waals surface area contributed by atoms with Crippen molar-refractivity contribution < 1.29 is 19.4 Å². The molecule has 1 fully saturated rings. The van der Waals surface area contributed by atoms with Crippen LogP contribution in [0.5, 0.6) is 0 Å². The number of morpholine rings is 1. The second kappa shape index (κ2) is 10.9. The van der Waals surface area contributed by atoms with E-state index in [0.717, 1.165) is 35.9 Å². The quantitative estimate of drug-likeness (QED) is 0.275. The van der Waals surface area contributed by atoms with Crippen LogP contribution in [0.2, 0.25) is 0 Å². The molecule has 206 valence electrons. The molecule has 13 heteroatoms. The Morgan fingerprint density at radius 3 is 2.60 bits per heavy atom. The van der Waals surface area contributed by atoms with Crippen molar-refractivity contribution in [1.29, 1.82) is 0 Å². The van der Waals surface area contributed by atoms with Gasteiger partial charge in [-0.25, -0.2) is 14.3 Å². The maximum atomic E-state index is 11.9. The summed E-state index contributed by atoms with van der Waals surface area (Å²) < 4.78 is 15.9. The highest BCUT2D eigenvalue weighted by molar-refractivity contribution is 5.75. The smallest absolute Gasteiger partial charge is 0.327 e. The van der Waals surface area contributed by atoms with Gasteiger partial charge in [-0.15, -0.1) is 0 Å². The van der Waals surface area contributed by atoms with Crippen LogP contribution in [0.1, 0.15) is 5.69 Å². The van der Waals surface area contributed by atoms with Gasteiger partial charge in [0.1, 0.15) is 23.2 Å². The Morgan fingerprint density at radius 1 is 1.05 bits per heavy atom. The molecule has 40 heavy (non-hydrogen) atoms. The molecule has 0 radical (unpaired) electrons. The first-order valence-corrected chi connectivity index (χ1v) is 12.9. The highest BCUT2D eigenvalue weighted by Crippen LogP contribution is 2.26. The zero-order chi connectivity index (χ0) is 27.6. The number of aliphatic hydroxyl groups excluding tert-OH is 1. The average Bonchev–Trinajstić information content (AvgIpc) is 3.74. The molecule has 1 saturated heterocycles. The first-order chi connectivity index (χ1) is 19.5. The summed E-state index contributed by atoms with van der Waals surface area (Å²) in [5.74, 6) is 0.832. The van der Waals surface area contributed by atoms with Gasteiger partial charge < -0.3 is 25.2 Å². The van der Waals surface area contributed by atoms with Crippen LogP contribution >= 0.6 is 0 Å². The molecular weight excluding hydrogens is 514 g/mol. The third-order valence-electron chi connectivity index (χ3n) is 6.70. The fourth-order valence-corrected chi connectivity index (χ4v) is 4.49. The fraction of sp³-hybridized carbons (Fsp3) is 0.296. The Morgan fingerprint density at radius 2 is 1.82 bits per heavy atom. The predicted molar refractivity (Wildman–Crippen MR) is 146 cm³/mol.